The fourth-order valence-corrected chi connectivity index (χ4v) is 3.87. The number of nitrogens with one attached hydrogen (secondary N) is 1. The molecule has 1 amide bonds. The Hall–Kier alpha value is -2.33. The minimum absolute atomic E-state index is 0.0785. The van der Waals surface area contributed by atoms with Crippen LogP contribution >= 0.6 is 0 Å². The molecular formula is C21H24N2O2. The van der Waals surface area contributed by atoms with Crippen molar-refractivity contribution >= 4 is 11.6 Å². The summed E-state index contributed by atoms with van der Waals surface area (Å²) in [5.74, 6) is 0.0785. The van der Waals surface area contributed by atoms with Crippen LogP contribution in [0, 0.1) is 13.8 Å². The van der Waals surface area contributed by atoms with Gasteiger partial charge in [-0.3, -0.25) is 4.79 Å². The molecule has 130 valence electrons. The number of hydrogen-bond donors (Lipinski definition) is 1. The third kappa shape index (κ3) is 3.02. The van der Waals surface area contributed by atoms with Crippen molar-refractivity contribution in [1.82, 2.24) is 4.90 Å². The van der Waals surface area contributed by atoms with Gasteiger partial charge in [0.25, 0.3) is 5.91 Å². The molecule has 1 saturated heterocycles. The zero-order valence-electron chi connectivity index (χ0n) is 14.8. The van der Waals surface area contributed by atoms with Gasteiger partial charge in [-0.05, 0) is 49.9 Å². The maximum atomic E-state index is 13.2. The average Bonchev–Trinajstić information content (AvgIpc) is 3.11. The number of nitrogens with zero attached hydrogens (tertiary/aromatic N) is 1. The first-order valence-corrected chi connectivity index (χ1v) is 8.99. The summed E-state index contributed by atoms with van der Waals surface area (Å²) in [6.07, 6.45) is 2.06. The number of rotatable bonds is 3. The van der Waals surface area contributed by atoms with E-state index in [-0.39, 0.29) is 18.2 Å². The number of carbonyl (C=O) groups excluding carboxylic acids is 1. The Labute approximate surface area is 148 Å². The fraction of sp³-hybridized carbons (Fsp3) is 0.381. The third-order valence-electron chi connectivity index (χ3n) is 5.17. The molecule has 0 aliphatic carbocycles. The van der Waals surface area contributed by atoms with E-state index in [0.29, 0.717) is 6.54 Å². The van der Waals surface area contributed by atoms with Gasteiger partial charge in [-0.25, -0.2) is 0 Å². The van der Waals surface area contributed by atoms with Crippen LogP contribution in [-0.4, -0.2) is 30.1 Å². The molecule has 0 bridgehead atoms. The minimum Gasteiger partial charge on any atom is -0.376 e. The van der Waals surface area contributed by atoms with E-state index in [2.05, 4.69) is 37.4 Å². The second kappa shape index (κ2) is 6.52. The molecule has 2 atom stereocenters. The Kier molecular flexibility index (Phi) is 4.22. The SMILES string of the molecule is Cc1ccc([C@H]2Nc3ccccc3C(=O)N2C[C@@H]2CCCO2)c(C)c1. The summed E-state index contributed by atoms with van der Waals surface area (Å²) in [5, 5.41) is 3.58. The largest absolute Gasteiger partial charge is 0.376 e. The molecule has 0 spiro atoms. The number of fused-ring (bicyclic) bond motifs is 1. The molecule has 4 heteroatoms. The summed E-state index contributed by atoms with van der Waals surface area (Å²) >= 11 is 0. The van der Waals surface area contributed by atoms with Crippen LogP contribution in [0.5, 0.6) is 0 Å². The number of carbonyl (C=O) groups is 1. The molecule has 1 N–H and O–H groups in total. The van der Waals surface area contributed by atoms with Crippen molar-refractivity contribution in [2.45, 2.75) is 39.0 Å². The Bertz CT molecular complexity index is 796. The molecule has 2 heterocycles. The van der Waals surface area contributed by atoms with Crippen molar-refractivity contribution in [2.75, 3.05) is 18.5 Å². The number of ether oxygens (including phenoxy) is 1. The highest BCUT2D eigenvalue weighted by Crippen LogP contribution is 2.35. The van der Waals surface area contributed by atoms with Gasteiger partial charge in [0.1, 0.15) is 6.17 Å². The molecule has 1 fully saturated rings. The van der Waals surface area contributed by atoms with Crippen molar-refractivity contribution in [1.29, 1.82) is 0 Å². The van der Waals surface area contributed by atoms with Gasteiger partial charge in [0.2, 0.25) is 0 Å². The van der Waals surface area contributed by atoms with Gasteiger partial charge >= 0.3 is 0 Å². The highest BCUT2D eigenvalue weighted by Gasteiger charge is 2.35. The molecule has 0 aromatic heterocycles. The second-order valence-corrected chi connectivity index (χ2v) is 7.05. The molecule has 0 unspecified atom stereocenters. The van der Waals surface area contributed by atoms with E-state index < -0.39 is 0 Å². The van der Waals surface area contributed by atoms with Crippen LogP contribution in [0.15, 0.2) is 42.5 Å². The first-order chi connectivity index (χ1) is 12.1. The molecule has 0 radical (unpaired) electrons. The van der Waals surface area contributed by atoms with Gasteiger partial charge < -0.3 is 15.0 Å². The Morgan fingerprint density at radius 2 is 2.04 bits per heavy atom. The van der Waals surface area contributed by atoms with Crippen LogP contribution in [-0.2, 0) is 4.74 Å². The standard InChI is InChI=1S/C21H24N2O2/c1-14-9-10-17(15(2)12-14)20-22-19-8-4-3-7-18(19)21(24)23(20)13-16-6-5-11-25-16/h3-4,7-10,12,16,20,22H,5-6,11,13H2,1-2H3/t16-,20-/m0/s1. The van der Waals surface area contributed by atoms with Crippen molar-refractivity contribution in [3.8, 4) is 0 Å². The number of anilines is 1. The van der Waals surface area contributed by atoms with Crippen molar-refractivity contribution < 1.29 is 9.53 Å². The maximum Gasteiger partial charge on any atom is 0.257 e. The lowest BCUT2D eigenvalue weighted by atomic mass is 9.98. The molecular weight excluding hydrogens is 312 g/mol. The van der Waals surface area contributed by atoms with Crippen molar-refractivity contribution in [2.24, 2.45) is 0 Å². The number of para-hydroxylation sites is 1. The van der Waals surface area contributed by atoms with Gasteiger partial charge in [0, 0.05) is 18.8 Å². The molecule has 2 aliphatic rings. The Balaban J connectivity index is 1.74. The summed E-state index contributed by atoms with van der Waals surface area (Å²) in [6, 6.07) is 14.2. The number of hydrogen-bond acceptors (Lipinski definition) is 3. The van der Waals surface area contributed by atoms with Crippen LogP contribution in [0.1, 0.15) is 46.1 Å². The van der Waals surface area contributed by atoms with E-state index in [9.17, 15) is 4.79 Å². The zero-order valence-corrected chi connectivity index (χ0v) is 14.8. The smallest absolute Gasteiger partial charge is 0.257 e. The monoisotopic (exact) mass is 336 g/mol. The summed E-state index contributed by atoms with van der Waals surface area (Å²) < 4.78 is 5.80. The predicted octanol–water partition coefficient (Wildman–Crippen LogP) is 4.05. The lowest BCUT2D eigenvalue weighted by molar-refractivity contribution is 0.0426. The molecule has 2 aliphatic heterocycles. The Morgan fingerprint density at radius 3 is 2.80 bits per heavy atom. The number of amides is 1. The summed E-state index contributed by atoms with van der Waals surface area (Å²) in [4.78, 5) is 15.1. The van der Waals surface area contributed by atoms with E-state index in [4.69, 9.17) is 4.74 Å². The normalized spacial score (nSPS) is 22.6. The minimum atomic E-state index is -0.160. The van der Waals surface area contributed by atoms with Crippen molar-refractivity contribution in [3.63, 3.8) is 0 Å². The highest BCUT2D eigenvalue weighted by atomic mass is 16.5. The third-order valence-corrected chi connectivity index (χ3v) is 5.17. The van der Waals surface area contributed by atoms with Crippen LogP contribution < -0.4 is 5.32 Å². The van der Waals surface area contributed by atoms with Crippen LogP contribution in [0.25, 0.3) is 0 Å². The summed E-state index contributed by atoms with van der Waals surface area (Å²) in [5.41, 5.74) is 5.21. The lowest BCUT2D eigenvalue weighted by Crippen LogP contribution is -2.46. The number of benzene rings is 2. The van der Waals surface area contributed by atoms with Crippen LogP contribution in [0.3, 0.4) is 0 Å². The van der Waals surface area contributed by atoms with E-state index in [1.807, 2.05) is 29.2 Å². The zero-order chi connectivity index (χ0) is 17.4. The topological polar surface area (TPSA) is 41.6 Å². The van der Waals surface area contributed by atoms with Gasteiger partial charge in [-0.1, -0.05) is 35.9 Å². The fourth-order valence-electron chi connectivity index (χ4n) is 3.87. The van der Waals surface area contributed by atoms with Gasteiger partial charge in [0.05, 0.1) is 11.7 Å². The first-order valence-electron chi connectivity index (χ1n) is 8.99. The number of aryl methyl sites for hydroxylation is 2. The van der Waals surface area contributed by atoms with Crippen LogP contribution in [0.2, 0.25) is 0 Å². The van der Waals surface area contributed by atoms with E-state index in [1.54, 1.807) is 0 Å². The molecule has 0 saturated carbocycles. The molecule has 4 rings (SSSR count). The second-order valence-electron chi connectivity index (χ2n) is 7.05. The molecule has 25 heavy (non-hydrogen) atoms. The van der Waals surface area contributed by atoms with Gasteiger partial charge in [-0.15, -0.1) is 0 Å². The predicted molar refractivity (Wildman–Crippen MR) is 98.7 cm³/mol. The van der Waals surface area contributed by atoms with Crippen LogP contribution in [0.4, 0.5) is 5.69 Å². The first kappa shape index (κ1) is 16.2. The summed E-state index contributed by atoms with van der Waals surface area (Å²) in [6.45, 7) is 5.62. The summed E-state index contributed by atoms with van der Waals surface area (Å²) in [7, 11) is 0. The quantitative estimate of drug-likeness (QED) is 0.919. The van der Waals surface area contributed by atoms with E-state index >= 15 is 0 Å². The lowest BCUT2D eigenvalue weighted by Gasteiger charge is -2.39. The molecule has 2 aromatic rings. The van der Waals surface area contributed by atoms with E-state index in [1.165, 1.54) is 11.1 Å². The maximum absolute atomic E-state index is 13.2. The van der Waals surface area contributed by atoms with E-state index in [0.717, 1.165) is 36.3 Å². The molecule has 4 nitrogen and oxygen atoms in total. The van der Waals surface area contributed by atoms with Crippen molar-refractivity contribution in [3.05, 3.63) is 64.7 Å². The highest BCUT2D eigenvalue weighted by molar-refractivity contribution is 6.01. The van der Waals surface area contributed by atoms with Gasteiger partial charge in [-0.2, -0.15) is 0 Å². The average molecular weight is 336 g/mol. The molecule has 2 aromatic carbocycles. The van der Waals surface area contributed by atoms with Gasteiger partial charge in [0.15, 0.2) is 0 Å². The Morgan fingerprint density at radius 1 is 1.20 bits per heavy atom.